The van der Waals surface area contributed by atoms with E-state index in [4.69, 9.17) is 19.9 Å². The van der Waals surface area contributed by atoms with Crippen LogP contribution in [0.1, 0.15) is 28.4 Å². The van der Waals surface area contributed by atoms with Crippen LogP contribution >= 0.6 is 0 Å². The normalized spacial score (nSPS) is 10.9. The summed E-state index contributed by atoms with van der Waals surface area (Å²) in [5, 5.41) is 13.6. The number of carboxylic acids is 1. The van der Waals surface area contributed by atoms with Crippen LogP contribution in [-0.4, -0.2) is 32.4 Å². The van der Waals surface area contributed by atoms with Crippen molar-refractivity contribution in [3.63, 3.8) is 0 Å². The zero-order chi connectivity index (χ0) is 26.3. The number of rotatable bonds is 9. The van der Waals surface area contributed by atoms with Crippen LogP contribution in [0, 0.1) is 0 Å². The van der Waals surface area contributed by atoms with E-state index < -0.39 is 12.6 Å². The molecule has 1 N–H and O–H groups in total. The van der Waals surface area contributed by atoms with Gasteiger partial charge in [0.1, 0.15) is 5.75 Å². The Morgan fingerprint density at radius 1 is 0.816 bits per heavy atom. The molecule has 7 heteroatoms. The third-order valence-electron chi connectivity index (χ3n) is 6.06. The molecule has 0 aliphatic rings. The van der Waals surface area contributed by atoms with Crippen molar-refractivity contribution in [1.82, 2.24) is 14.8 Å². The van der Waals surface area contributed by atoms with Gasteiger partial charge in [-0.3, -0.25) is 9.78 Å². The van der Waals surface area contributed by atoms with Crippen molar-refractivity contribution < 1.29 is 14.6 Å². The Labute approximate surface area is 219 Å². The van der Waals surface area contributed by atoms with Crippen LogP contribution in [0.15, 0.2) is 120 Å². The Morgan fingerprint density at radius 3 is 2.18 bits per heavy atom. The molecule has 0 aliphatic carbocycles. The summed E-state index contributed by atoms with van der Waals surface area (Å²) >= 11 is 0. The number of aromatic nitrogens is 3. The lowest BCUT2D eigenvalue weighted by Gasteiger charge is -2.18. The van der Waals surface area contributed by atoms with Crippen LogP contribution in [0.25, 0.3) is 11.3 Å². The Bertz CT molecular complexity index is 1560. The van der Waals surface area contributed by atoms with Crippen LogP contribution in [0.2, 0.25) is 0 Å². The molecule has 0 amide bonds. The standard InChI is InChI=1S/C31H25N3O4/c35-29-18-17-28(31(22-9-3-1-4-10-22)23-11-5-2-6-12-23)33-34(29)20-25-14-8-16-27(32-25)24-13-7-15-26(19-24)38-21-30(36)37/h1-19,31H,20-21H2,(H,36,37). The topological polar surface area (TPSA) is 94.3 Å². The molecule has 0 radical (unpaired) electrons. The minimum atomic E-state index is -1.04. The molecule has 0 saturated heterocycles. The molecule has 0 atom stereocenters. The second-order valence-corrected chi connectivity index (χ2v) is 8.73. The summed E-state index contributed by atoms with van der Waals surface area (Å²) in [6.07, 6.45) is 0. The van der Waals surface area contributed by atoms with Gasteiger partial charge < -0.3 is 9.84 Å². The molecule has 188 valence electrons. The van der Waals surface area contributed by atoms with Gasteiger partial charge in [-0.05, 0) is 41.5 Å². The van der Waals surface area contributed by atoms with Crippen molar-refractivity contribution in [2.24, 2.45) is 0 Å². The summed E-state index contributed by atoms with van der Waals surface area (Å²) in [7, 11) is 0. The van der Waals surface area contributed by atoms with Crippen molar-refractivity contribution >= 4 is 5.97 Å². The van der Waals surface area contributed by atoms with E-state index in [9.17, 15) is 9.59 Å². The van der Waals surface area contributed by atoms with Gasteiger partial charge in [0.2, 0.25) is 0 Å². The first-order valence-electron chi connectivity index (χ1n) is 12.2. The van der Waals surface area contributed by atoms with Gasteiger partial charge in [0.15, 0.2) is 6.61 Å². The highest BCUT2D eigenvalue weighted by Gasteiger charge is 2.19. The number of aliphatic carboxylic acids is 1. The third kappa shape index (κ3) is 5.84. The van der Waals surface area contributed by atoms with Gasteiger partial charge in [-0.25, -0.2) is 9.48 Å². The number of hydrogen-bond acceptors (Lipinski definition) is 5. The molecule has 7 nitrogen and oxygen atoms in total. The first-order chi connectivity index (χ1) is 18.6. The van der Waals surface area contributed by atoms with E-state index in [0.717, 1.165) is 22.4 Å². The third-order valence-corrected chi connectivity index (χ3v) is 6.06. The van der Waals surface area contributed by atoms with Gasteiger partial charge in [0.05, 0.1) is 29.5 Å². The number of pyridine rings is 1. The molecule has 0 spiro atoms. The maximum absolute atomic E-state index is 12.8. The summed E-state index contributed by atoms with van der Waals surface area (Å²) in [4.78, 5) is 28.4. The lowest BCUT2D eigenvalue weighted by Crippen LogP contribution is -2.25. The quantitative estimate of drug-likeness (QED) is 0.304. The summed E-state index contributed by atoms with van der Waals surface area (Å²) < 4.78 is 6.73. The molecule has 0 aliphatic heterocycles. The van der Waals surface area contributed by atoms with E-state index in [2.05, 4.69) is 24.3 Å². The number of hydrogen-bond donors (Lipinski definition) is 1. The van der Waals surface area contributed by atoms with E-state index in [1.54, 1.807) is 30.3 Å². The Hall–Kier alpha value is -5.04. The summed E-state index contributed by atoms with van der Waals surface area (Å²) in [5.74, 6) is -0.731. The number of carboxylic acid groups (broad SMARTS) is 1. The van der Waals surface area contributed by atoms with Crippen LogP contribution < -0.4 is 10.3 Å². The lowest BCUT2D eigenvalue weighted by atomic mass is 9.88. The van der Waals surface area contributed by atoms with Crippen LogP contribution in [0.5, 0.6) is 5.75 Å². The SMILES string of the molecule is O=C(O)COc1cccc(-c2cccc(Cn3nc(C(c4ccccc4)c4ccccc4)ccc3=O)n2)c1. The van der Waals surface area contributed by atoms with Crippen LogP contribution in [0.3, 0.4) is 0 Å². The average Bonchev–Trinajstić information content (AvgIpc) is 2.95. The predicted molar refractivity (Wildman–Crippen MR) is 144 cm³/mol. The molecule has 2 aromatic heterocycles. The molecule has 38 heavy (non-hydrogen) atoms. The zero-order valence-electron chi connectivity index (χ0n) is 20.5. The fourth-order valence-electron chi connectivity index (χ4n) is 4.33. The lowest BCUT2D eigenvalue weighted by molar-refractivity contribution is -0.139. The molecule has 0 unspecified atom stereocenters. The Balaban J connectivity index is 1.45. The summed E-state index contributed by atoms with van der Waals surface area (Å²) in [6, 6.07) is 36.2. The maximum atomic E-state index is 12.8. The van der Waals surface area contributed by atoms with Crippen molar-refractivity contribution in [3.8, 4) is 17.0 Å². The fraction of sp³-hybridized carbons (Fsp3) is 0.0968. The molecule has 0 bridgehead atoms. The van der Waals surface area contributed by atoms with Gasteiger partial charge in [-0.15, -0.1) is 0 Å². The van der Waals surface area contributed by atoms with Crippen molar-refractivity contribution in [3.05, 3.63) is 148 Å². The van der Waals surface area contributed by atoms with Gasteiger partial charge >= 0.3 is 5.97 Å². The van der Waals surface area contributed by atoms with E-state index >= 15 is 0 Å². The van der Waals surface area contributed by atoms with Crippen molar-refractivity contribution in [2.75, 3.05) is 6.61 Å². The number of carbonyl (C=O) groups is 1. The molecule has 2 heterocycles. The van der Waals surface area contributed by atoms with Gasteiger partial charge in [0, 0.05) is 11.6 Å². The average molecular weight is 504 g/mol. The number of ether oxygens (including phenoxy) is 1. The second kappa shape index (κ2) is 11.3. The van der Waals surface area contributed by atoms with Gasteiger partial charge in [0.25, 0.3) is 5.56 Å². The largest absolute Gasteiger partial charge is 0.482 e. The van der Waals surface area contributed by atoms with E-state index in [0.29, 0.717) is 17.1 Å². The van der Waals surface area contributed by atoms with Crippen LogP contribution in [-0.2, 0) is 11.3 Å². The highest BCUT2D eigenvalue weighted by molar-refractivity contribution is 5.68. The van der Waals surface area contributed by atoms with E-state index in [-0.39, 0.29) is 18.0 Å². The molecule has 5 aromatic rings. The molecular weight excluding hydrogens is 478 g/mol. The highest BCUT2D eigenvalue weighted by Crippen LogP contribution is 2.30. The first kappa shape index (κ1) is 24.6. The highest BCUT2D eigenvalue weighted by atomic mass is 16.5. The molecule has 0 fully saturated rings. The predicted octanol–water partition coefficient (Wildman–Crippen LogP) is 5.00. The first-order valence-corrected chi connectivity index (χ1v) is 12.2. The molecule has 3 aromatic carbocycles. The smallest absolute Gasteiger partial charge is 0.341 e. The van der Waals surface area contributed by atoms with Crippen molar-refractivity contribution in [2.45, 2.75) is 12.5 Å². The summed E-state index contributed by atoms with van der Waals surface area (Å²) in [6.45, 7) is -0.221. The monoisotopic (exact) mass is 503 g/mol. The van der Waals surface area contributed by atoms with Crippen LogP contribution in [0.4, 0.5) is 0 Å². The van der Waals surface area contributed by atoms with Gasteiger partial charge in [-0.1, -0.05) is 78.9 Å². The Kier molecular flexibility index (Phi) is 7.36. The second-order valence-electron chi connectivity index (χ2n) is 8.73. The zero-order valence-corrected chi connectivity index (χ0v) is 20.5. The van der Waals surface area contributed by atoms with Gasteiger partial charge in [-0.2, -0.15) is 5.10 Å². The molecule has 0 saturated carbocycles. The minimum Gasteiger partial charge on any atom is -0.482 e. The Morgan fingerprint density at radius 2 is 1.50 bits per heavy atom. The fourth-order valence-corrected chi connectivity index (χ4v) is 4.33. The summed E-state index contributed by atoms with van der Waals surface area (Å²) in [5.41, 5.74) is 4.84. The molecular formula is C31H25N3O4. The maximum Gasteiger partial charge on any atom is 0.341 e. The van der Waals surface area contributed by atoms with E-state index in [1.165, 1.54) is 4.68 Å². The minimum absolute atomic E-state index is 0.128. The number of nitrogens with zero attached hydrogens (tertiary/aromatic N) is 3. The molecule has 5 rings (SSSR count). The van der Waals surface area contributed by atoms with Crippen molar-refractivity contribution in [1.29, 1.82) is 0 Å². The van der Waals surface area contributed by atoms with E-state index in [1.807, 2.05) is 60.7 Å². The number of benzene rings is 3.